The molecule has 9 heavy (non-hydrogen) atoms. The van der Waals surface area contributed by atoms with E-state index in [9.17, 15) is 0 Å². The third kappa shape index (κ3) is 421. The van der Waals surface area contributed by atoms with E-state index >= 15 is 0 Å². The Morgan fingerprint density at radius 2 is 1.11 bits per heavy atom. The maximum atomic E-state index is 8.56. The van der Waals surface area contributed by atoms with Gasteiger partial charge in [-0.1, -0.05) is 0 Å². The van der Waals surface area contributed by atoms with Crippen molar-refractivity contribution in [1.29, 1.82) is 0 Å². The van der Waals surface area contributed by atoms with Crippen molar-refractivity contribution < 1.29 is 27.2 Å². The van der Waals surface area contributed by atoms with Gasteiger partial charge in [0.25, 0.3) is 0 Å². The third-order valence-corrected chi connectivity index (χ3v) is 0. The monoisotopic (exact) mass is 208 g/mol. The minimum absolute atomic E-state index is 0. The van der Waals surface area contributed by atoms with Gasteiger partial charge < -0.3 is 13.1 Å². The average molecular weight is 209 g/mol. The molecule has 0 unspecified atom stereocenters. The molecule has 0 saturated carbocycles. The van der Waals surface area contributed by atoms with E-state index < -0.39 is 6.16 Å². The van der Waals surface area contributed by atoms with Crippen LogP contribution in [-0.4, -0.2) is 63.4 Å². The molecule has 0 aromatic heterocycles. The molecular weight excluding hydrogens is 203 g/mol. The van der Waals surface area contributed by atoms with Crippen molar-refractivity contribution in [2.45, 2.75) is 0 Å². The topological polar surface area (TPSA) is 98.0 Å². The number of hydrogen-bond donors (Lipinski definition) is 4. The van der Waals surface area contributed by atoms with Crippen molar-refractivity contribution in [2.24, 2.45) is 0 Å². The predicted octanol–water partition coefficient (Wildman–Crippen LogP) is 0.332. The molecule has 0 aliphatic heterocycles. The van der Waals surface area contributed by atoms with Crippen LogP contribution in [0.4, 0.5) is 4.79 Å². The number of rotatable bonds is 0. The summed E-state index contributed by atoms with van der Waals surface area (Å²) in [5, 5.41) is 13.9. The van der Waals surface area contributed by atoms with E-state index in [-0.39, 0.29) is 40.6 Å². The molecule has 0 heterocycles. The summed E-state index contributed by atoms with van der Waals surface area (Å²) in [6, 6.07) is 0. The first-order valence-electron chi connectivity index (χ1n) is 0.989. The summed E-state index contributed by atoms with van der Waals surface area (Å²) in [6.45, 7) is 0. The Kier molecular flexibility index (Phi) is 89.6. The molecule has 0 aromatic rings. The van der Waals surface area contributed by atoms with Gasteiger partial charge in [-0.15, -0.1) is 0 Å². The minimum atomic E-state index is -1.83. The molecule has 0 aliphatic carbocycles. The zero-order valence-electron chi connectivity index (χ0n) is 6.16. The first kappa shape index (κ1) is 22.5. The molecule has 56 valence electrons. The third-order valence-electron chi connectivity index (χ3n) is 0. The van der Waals surface area contributed by atoms with Crippen molar-refractivity contribution in [3.63, 3.8) is 0 Å². The van der Waals surface area contributed by atoms with Crippen LogP contribution in [0.25, 0.3) is 0 Å². The zero-order valence-corrected chi connectivity index (χ0v) is 7.88. The van der Waals surface area contributed by atoms with E-state index in [1.54, 1.807) is 0 Å². The smallest absolute Gasteiger partial charge is 1.00 e. The van der Waals surface area contributed by atoms with Gasteiger partial charge in [-0.2, -0.15) is 0 Å². The number of carboxylic acid groups (broad SMARTS) is 2. The van der Waals surface area contributed by atoms with E-state index in [1.807, 2.05) is 0 Å². The van der Waals surface area contributed by atoms with Gasteiger partial charge in [0.15, 0.2) is 0 Å². The molecule has 0 rings (SSSR count). The Balaban J connectivity index is -0.00000000813. The van der Waals surface area contributed by atoms with Crippen molar-refractivity contribution in [3.05, 3.63) is 0 Å². The molecule has 0 fully saturated rings. The second-order valence-electron chi connectivity index (χ2n) is 0.283. The van der Waals surface area contributed by atoms with Gasteiger partial charge in [0.1, 0.15) is 0 Å². The standard InChI is InChI=1S/CH2O3.Ca.2ClHO.2H/c2-1(3)4;;2*1-2;;/h(H2,2,3,4);;2*2H;;/q;+2;;;2*-1. The Morgan fingerprint density at radius 3 is 1.11 bits per heavy atom. The fourth-order valence-electron chi connectivity index (χ4n) is 0. The quantitative estimate of drug-likeness (QED) is 0.431. The summed E-state index contributed by atoms with van der Waals surface area (Å²) < 4.78 is 12.9. The molecule has 0 amide bonds. The average Bonchev–Trinajstić information content (AvgIpc) is 1.75. The largest absolute Gasteiger partial charge is 2.00 e. The van der Waals surface area contributed by atoms with Crippen molar-refractivity contribution >= 4 is 67.6 Å². The molecule has 0 saturated heterocycles. The molecular formula is CH6CaCl2O5. The summed E-state index contributed by atoms with van der Waals surface area (Å²) in [7, 11) is 0. The number of hydrogen-bond acceptors (Lipinski definition) is 3. The van der Waals surface area contributed by atoms with Gasteiger partial charge in [-0.05, 0) is 0 Å². The molecule has 0 aliphatic rings. The van der Waals surface area contributed by atoms with Crippen molar-refractivity contribution in [3.8, 4) is 0 Å². The first-order chi connectivity index (χ1) is 3.73. The van der Waals surface area contributed by atoms with Crippen LogP contribution >= 0.6 is 23.7 Å². The fourth-order valence-corrected chi connectivity index (χ4v) is 0. The SMILES string of the molecule is O=C(O)O.OCl.OCl.[Ca+2].[H-].[H-]. The maximum absolute atomic E-state index is 8.56. The summed E-state index contributed by atoms with van der Waals surface area (Å²) in [5.74, 6) is 0. The van der Waals surface area contributed by atoms with E-state index in [1.165, 1.54) is 0 Å². The second-order valence-corrected chi connectivity index (χ2v) is 0.283. The fraction of sp³-hybridized carbons (Fsp3) is 0. The molecule has 4 N–H and O–H groups in total. The molecule has 0 bridgehead atoms. The predicted molar refractivity (Wildman–Crippen MR) is 34.8 cm³/mol. The normalized spacial score (nSPS) is 4.00. The van der Waals surface area contributed by atoms with Crippen LogP contribution < -0.4 is 0 Å². The summed E-state index contributed by atoms with van der Waals surface area (Å²) in [5.41, 5.74) is 0. The van der Waals surface area contributed by atoms with Gasteiger partial charge in [-0.3, -0.25) is 9.32 Å². The number of halogens is 2. The van der Waals surface area contributed by atoms with Crippen LogP contribution in [0.1, 0.15) is 2.85 Å². The summed E-state index contributed by atoms with van der Waals surface area (Å²) in [6.07, 6.45) is -1.83. The first-order valence-corrected chi connectivity index (χ1v) is 1.67. The second kappa shape index (κ2) is 35.9. The van der Waals surface area contributed by atoms with Crippen LogP contribution in [0.5, 0.6) is 0 Å². The molecule has 8 heteroatoms. The zero-order chi connectivity index (χ0) is 7.58. The van der Waals surface area contributed by atoms with E-state index in [2.05, 4.69) is 23.7 Å². The van der Waals surface area contributed by atoms with Gasteiger partial charge >= 0.3 is 43.9 Å². The summed E-state index contributed by atoms with van der Waals surface area (Å²) >= 11 is 7.28. The Bertz CT molecular complexity index is 45.5. The Labute approximate surface area is 94.1 Å². The number of carbonyl (C=O) groups is 1. The Morgan fingerprint density at radius 1 is 1.11 bits per heavy atom. The van der Waals surface area contributed by atoms with Gasteiger partial charge in [0.2, 0.25) is 0 Å². The maximum Gasteiger partial charge on any atom is 2.00 e. The molecule has 0 aromatic carbocycles. The minimum Gasteiger partial charge on any atom is -1.00 e. The molecule has 0 atom stereocenters. The van der Waals surface area contributed by atoms with Crippen LogP contribution in [0.2, 0.25) is 0 Å². The summed E-state index contributed by atoms with van der Waals surface area (Å²) in [4.78, 5) is 8.56. The molecule has 5 nitrogen and oxygen atoms in total. The van der Waals surface area contributed by atoms with E-state index in [0.717, 1.165) is 0 Å². The van der Waals surface area contributed by atoms with Crippen LogP contribution in [0.3, 0.4) is 0 Å². The van der Waals surface area contributed by atoms with Crippen LogP contribution in [0.15, 0.2) is 0 Å². The van der Waals surface area contributed by atoms with Gasteiger partial charge in [-0.25, -0.2) is 4.79 Å². The van der Waals surface area contributed by atoms with Crippen LogP contribution in [0, 0.1) is 0 Å². The van der Waals surface area contributed by atoms with E-state index in [0.29, 0.717) is 0 Å². The van der Waals surface area contributed by atoms with Crippen LogP contribution in [-0.2, 0) is 0 Å². The van der Waals surface area contributed by atoms with E-state index in [4.69, 9.17) is 24.3 Å². The Hall–Kier alpha value is 1.03. The van der Waals surface area contributed by atoms with Gasteiger partial charge in [0, 0.05) is 0 Å². The van der Waals surface area contributed by atoms with Crippen molar-refractivity contribution in [1.82, 2.24) is 0 Å². The molecule has 0 radical (unpaired) electrons. The van der Waals surface area contributed by atoms with Crippen molar-refractivity contribution in [2.75, 3.05) is 0 Å². The molecule has 0 spiro atoms. The van der Waals surface area contributed by atoms with Gasteiger partial charge in [0.05, 0.1) is 23.7 Å².